The lowest BCUT2D eigenvalue weighted by atomic mass is 10.0. The number of aromatic nitrogens is 2. The first-order chi connectivity index (χ1) is 11.5. The van der Waals surface area contributed by atoms with Crippen LogP contribution in [0.4, 0.5) is 0 Å². The van der Waals surface area contributed by atoms with Gasteiger partial charge in [-0.25, -0.2) is 0 Å². The van der Waals surface area contributed by atoms with Crippen LogP contribution in [0.3, 0.4) is 0 Å². The Labute approximate surface area is 143 Å². The summed E-state index contributed by atoms with van der Waals surface area (Å²) in [4.78, 5) is 4.52. The highest BCUT2D eigenvalue weighted by atomic mass is 32.2. The van der Waals surface area contributed by atoms with Gasteiger partial charge in [-0.15, -0.1) is 0 Å². The van der Waals surface area contributed by atoms with Gasteiger partial charge in [0.25, 0.3) is 10.2 Å². The zero-order valence-corrected chi connectivity index (χ0v) is 15.2. The lowest BCUT2D eigenvalue weighted by Gasteiger charge is -2.20. The molecule has 9 heteroatoms. The molecule has 2 saturated heterocycles. The van der Waals surface area contributed by atoms with E-state index in [1.54, 1.807) is 18.4 Å². The van der Waals surface area contributed by atoms with Gasteiger partial charge in [-0.1, -0.05) is 5.16 Å². The molecule has 0 aliphatic carbocycles. The molecule has 2 aliphatic rings. The SMILES string of the molecule is CN(C)S(=O)(=O)N1CCC(CCc2noc(C3CCOCC3)n2)C1. The third-order valence-corrected chi connectivity index (χ3v) is 6.77. The van der Waals surface area contributed by atoms with Crippen LogP contribution in [-0.2, 0) is 21.4 Å². The van der Waals surface area contributed by atoms with E-state index in [1.165, 1.54) is 4.31 Å². The van der Waals surface area contributed by atoms with Gasteiger partial charge in [-0.2, -0.15) is 22.0 Å². The molecule has 0 amide bonds. The summed E-state index contributed by atoms with van der Waals surface area (Å²) in [5.41, 5.74) is 0. The van der Waals surface area contributed by atoms with Crippen LogP contribution in [0.15, 0.2) is 4.52 Å². The van der Waals surface area contributed by atoms with Crippen molar-refractivity contribution in [1.82, 2.24) is 18.8 Å². The molecule has 1 aromatic rings. The second-order valence-corrected chi connectivity index (χ2v) is 8.92. The number of ether oxygens (including phenoxy) is 1. The molecule has 136 valence electrons. The summed E-state index contributed by atoms with van der Waals surface area (Å²) >= 11 is 0. The van der Waals surface area contributed by atoms with E-state index >= 15 is 0 Å². The maximum Gasteiger partial charge on any atom is 0.281 e. The Morgan fingerprint density at radius 2 is 2.00 bits per heavy atom. The standard InChI is InChI=1S/C15H26N4O4S/c1-18(2)24(20,21)19-8-5-12(11-19)3-4-14-16-15(23-17-14)13-6-9-22-10-7-13/h12-13H,3-11H2,1-2H3. The molecule has 1 aromatic heterocycles. The molecule has 0 saturated carbocycles. The van der Waals surface area contributed by atoms with Gasteiger partial charge < -0.3 is 9.26 Å². The zero-order valence-electron chi connectivity index (χ0n) is 14.3. The van der Waals surface area contributed by atoms with Crippen molar-refractivity contribution in [3.05, 3.63) is 11.7 Å². The van der Waals surface area contributed by atoms with Crippen LogP contribution < -0.4 is 0 Å². The van der Waals surface area contributed by atoms with Gasteiger partial charge in [-0.05, 0) is 31.6 Å². The molecule has 2 fully saturated rings. The molecule has 0 aromatic carbocycles. The van der Waals surface area contributed by atoms with Crippen molar-refractivity contribution < 1.29 is 17.7 Å². The van der Waals surface area contributed by atoms with Gasteiger partial charge >= 0.3 is 0 Å². The summed E-state index contributed by atoms with van der Waals surface area (Å²) in [7, 11) is -0.159. The highest BCUT2D eigenvalue weighted by Gasteiger charge is 2.32. The Hall–Kier alpha value is -1.03. The van der Waals surface area contributed by atoms with E-state index < -0.39 is 10.2 Å². The Balaban J connectivity index is 1.49. The van der Waals surface area contributed by atoms with Crippen molar-refractivity contribution in [3.8, 4) is 0 Å². The minimum atomic E-state index is -3.30. The van der Waals surface area contributed by atoms with E-state index in [2.05, 4.69) is 10.1 Å². The van der Waals surface area contributed by atoms with E-state index in [0.29, 0.717) is 24.9 Å². The Bertz CT molecular complexity index is 640. The predicted octanol–water partition coefficient (Wildman–Crippen LogP) is 1.02. The fourth-order valence-corrected chi connectivity index (χ4v) is 4.48. The van der Waals surface area contributed by atoms with Gasteiger partial charge in [0.15, 0.2) is 5.82 Å². The van der Waals surface area contributed by atoms with Crippen LogP contribution in [-0.4, -0.2) is 67.6 Å². The normalized spacial score (nSPS) is 24.0. The first kappa shape index (κ1) is 17.8. The topological polar surface area (TPSA) is 88.8 Å². The third kappa shape index (κ3) is 3.96. The van der Waals surface area contributed by atoms with Gasteiger partial charge in [0.2, 0.25) is 5.89 Å². The molecule has 3 heterocycles. The van der Waals surface area contributed by atoms with Gasteiger partial charge in [0.1, 0.15) is 0 Å². The molecule has 1 atom stereocenters. The lowest BCUT2D eigenvalue weighted by Crippen LogP contribution is -2.38. The minimum Gasteiger partial charge on any atom is -0.381 e. The molecular weight excluding hydrogens is 332 g/mol. The van der Waals surface area contributed by atoms with E-state index in [4.69, 9.17) is 9.26 Å². The number of rotatable bonds is 6. The fourth-order valence-electron chi connectivity index (χ4n) is 3.29. The number of hydrogen-bond donors (Lipinski definition) is 0. The maximum atomic E-state index is 12.1. The van der Waals surface area contributed by atoms with E-state index in [1.807, 2.05) is 0 Å². The van der Waals surface area contributed by atoms with Crippen LogP contribution >= 0.6 is 0 Å². The van der Waals surface area contributed by atoms with E-state index in [0.717, 1.165) is 57.0 Å². The number of nitrogens with zero attached hydrogens (tertiary/aromatic N) is 4. The van der Waals surface area contributed by atoms with Crippen LogP contribution in [0.25, 0.3) is 0 Å². The van der Waals surface area contributed by atoms with Crippen LogP contribution in [0.2, 0.25) is 0 Å². The Morgan fingerprint density at radius 1 is 1.25 bits per heavy atom. The molecule has 0 spiro atoms. The van der Waals surface area contributed by atoms with Crippen molar-refractivity contribution in [2.75, 3.05) is 40.4 Å². The minimum absolute atomic E-state index is 0.312. The van der Waals surface area contributed by atoms with E-state index in [-0.39, 0.29) is 0 Å². The molecule has 8 nitrogen and oxygen atoms in total. The highest BCUT2D eigenvalue weighted by molar-refractivity contribution is 7.86. The zero-order chi connectivity index (χ0) is 17.2. The first-order valence-corrected chi connectivity index (χ1v) is 9.94. The molecule has 0 N–H and O–H groups in total. The predicted molar refractivity (Wildman–Crippen MR) is 87.7 cm³/mol. The highest BCUT2D eigenvalue weighted by Crippen LogP contribution is 2.27. The second kappa shape index (κ2) is 7.47. The summed E-state index contributed by atoms with van der Waals surface area (Å²) in [6.07, 6.45) is 4.36. The summed E-state index contributed by atoms with van der Waals surface area (Å²) in [6, 6.07) is 0. The molecule has 24 heavy (non-hydrogen) atoms. The Kier molecular flexibility index (Phi) is 5.53. The van der Waals surface area contributed by atoms with Crippen LogP contribution in [0.5, 0.6) is 0 Å². The van der Waals surface area contributed by atoms with Crippen molar-refractivity contribution >= 4 is 10.2 Å². The number of aryl methyl sites for hydroxylation is 1. The molecule has 0 bridgehead atoms. The van der Waals surface area contributed by atoms with E-state index in [9.17, 15) is 8.42 Å². The van der Waals surface area contributed by atoms with Gasteiger partial charge in [0, 0.05) is 52.7 Å². The molecule has 1 unspecified atom stereocenters. The molecule has 2 aliphatic heterocycles. The maximum absolute atomic E-state index is 12.1. The van der Waals surface area contributed by atoms with Crippen molar-refractivity contribution in [1.29, 1.82) is 0 Å². The molecule has 3 rings (SSSR count). The van der Waals surface area contributed by atoms with Gasteiger partial charge in [0.05, 0.1) is 0 Å². The smallest absolute Gasteiger partial charge is 0.281 e. The fraction of sp³-hybridized carbons (Fsp3) is 0.867. The molecular formula is C15H26N4O4S. The molecule has 0 radical (unpaired) electrons. The number of hydrogen-bond acceptors (Lipinski definition) is 6. The van der Waals surface area contributed by atoms with Crippen molar-refractivity contribution in [2.45, 2.75) is 38.0 Å². The summed E-state index contributed by atoms with van der Waals surface area (Å²) in [5.74, 6) is 2.11. The van der Waals surface area contributed by atoms with Gasteiger partial charge in [-0.3, -0.25) is 0 Å². The largest absolute Gasteiger partial charge is 0.381 e. The van der Waals surface area contributed by atoms with Crippen LogP contribution in [0.1, 0.15) is 43.3 Å². The third-order valence-electron chi connectivity index (χ3n) is 4.87. The monoisotopic (exact) mass is 358 g/mol. The first-order valence-electron chi connectivity index (χ1n) is 8.54. The van der Waals surface area contributed by atoms with Crippen molar-refractivity contribution in [2.24, 2.45) is 5.92 Å². The quantitative estimate of drug-likeness (QED) is 0.754. The summed E-state index contributed by atoms with van der Waals surface area (Å²) in [5, 5.41) is 4.08. The second-order valence-electron chi connectivity index (χ2n) is 6.78. The summed E-state index contributed by atoms with van der Waals surface area (Å²) in [6.45, 7) is 2.66. The lowest BCUT2D eigenvalue weighted by molar-refractivity contribution is 0.0778. The summed E-state index contributed by atoms with van der Waals surface area (Å²) < 4.78 is 37.8. The van der Waals surface area contributed by atoms with Crippen molar-refractivity contribution in [3.63, 3.8) is 0 Å². The average molecular weight is 358 g/mol. The average Bonchev–Trinajstić information content (AvgIpc) is 3.23. The van der Waals surface area contributed by atoms with Crippen LogP contribution in [0, 0.1) is 5.92 Å². The Morgan fingerprint density at radius 3 is 2.71 bits per heavy atom.